The number of pyridine rings is 1. The maximum Gasteiger partial charge on any atom is 0.338 e. The second-order valence-electron chi connectivity index (χ2n) is 5.65. The summed E-state index contributed by atoms with van der Waals surface area (Å²) in [4.78, 5) is 20.4. The molecule has 0 saturated carbocycles. The molecule has 4 rings (SSSR count). The van der Waals surface area contributed by atoms with Crippen LogP contribution in [0.4, 0.5) is 0 Å². The van der Waals surface area contributed by atoms with Gasteiger partial charge in [-0.05, 0) is 37.3 Å². The van der Waals surface area contributed by atoms with Gasteiger partial charge in [-0.25, -0.2) is 14.3 Å². The molecule has 4 aromatic rings. The second kappa shape index (κ2) is 6.29. The number of nitrogens with zero attached hydrogens (tertiary/aromatic N) is 4. The molecule has 0 spiro atoms. The van der Waals surface area contributed by atoms with Crippen molar-refractivity contribution in [2.45, 2.75) is 6.92 Å². The zero-order chi connectivity index (χ0) is 18.1. The van der Waals surface area contributed by atoms with E-state index in [4.69, 9.17) is 4.74 Å². The quantitative estimate of drug-likeness (QED) is 0.607. The molecule has 3 aromatic heterocycles. The van der Waals surface area contributed by atoms with E-state index in [9.17, 15) is 9.90 Å². The highest BCUT2D eigenvalue weighted by atomic mass is 16.5. The molecule has 3 heterocycles. The summed E-state index contributed by atoms with van der Waals surface area (Å²) < 4.78 is 7.32. The molecule has 0 radical (unpaired) electrons. The minimum Gasteiger partial charge on any atom is -0.478 e. The van der Waals surface area contributed by atoms with Gasteiger partial charge in [-0.2, -0.15) is 4.98 Å². The summed E-state index contributed by atoms with van der Waals surface area (Å²) in [5.41, 5.74) is 1.77. The van der Waals surface area contributed by atoms with Crippen LogP contribution in [0.15, 0.2) is 60.8 Å². The predicted molar refractivity (Wildman–Crippen MR) is 94.4 cm³/mol. The lowest BCUT2D eigenvalue weighted by Gasteiger charge is -2.09. The number of fused-ring (bicyclic) bond motifs is 1. The van der Waals surface area contributed by atoms with Crippen molar-refractivity contribution in [3.8, 4) is 23.1 Å². The molecule has 0 bridgehead atoms. The molecule has 7 heteroatoms. The van der Waals surface area contributed by atoms with E-state index in [1.165, 1.54) is 10.6 Å². The number of para-hydroxylation sites is 1. The second-order valence-corrected chi connectivity index (χ2v) is 5.65. The van der Waals surface area contributed by atoms with E-state index in [-0.39, 0.29) is 17.0 Å². The molecule has 0 amide bonds. The fraction of sp³-hybridized carbons (Fsp3) is 0.0526. The summed E-state index contributed by atoms with van der Waals surface area (Å²) in [6.45, 7) is 1.88. The number of hydrogen-bond donors (Lipinski definition) is 1. The number of aryl methyl sites for hydroxylation is 1. The molecule has 0 saturated heterocycles. The van der Waals surface area contributed by atoms with Gasteiger partial charge in [0.05, 0.1) is 5.56 Å². The number of hydrogen-bond acceptors (Lipinski definition) is 5. The first-order chi connectivity index (χ1) is 12.6. The van der Waals surface area contributed by atoms with Crippen LogP contribution in [0.3, 0.4) is 0 Å². The lowest BCUT2D eigenvalue weighted by Crippen LogP contribution is -2.05. The molecule has 0 aliphatic carbocycles. The largest absolute Gasteiger partial charge is 0.478 e. The van der Waals surface area contributed by atoms with E-state index in [1.54, 1.807) is 24.4 Å². The summed E-state index contributed by atoms with van der Waals surface area (Å²) in [7, 11) is 0. The van der Waals surface area contributed by atoms with E-state index in [2.05, 4.69) is 15.1 Å². The van der Waals surface area contributed by atoms with Crippen LogP contribution in [0.1, 0.15) is 16.1 Å². The molecule has 0 atom stereocenters. The zero-order valence-electron chi connectivity index (χ0n) is 13.8. The molecule has 128 valence electrons. The van der Waals surface area contributed by atoms with Crippen LogP contribution in [0, 0.1) is 6.92 Å². The minimum absolute atomic E-state index is 0.0692. The van der Waals surface area contributed by atoms with Gasteiger partial charge >= 0.3 is 5.97 Å². The maximum atomic E-state index is 11.5. The molecule has 26 heavy (non-hydrogen) atoms. The fourth-order valence-corrected chi connectivity index (χ4v) is 2.61. The highest BCUT2D eigenvalue weighted by molar-refractivity contribution is 5.97. The van der Waals surface area contributed by atoms with Crippen molar-refractivity contribution >= 4 is 11.5 Å². The van der Waals surface area contributed by atoms with Gasteiger partial charge in [0.2, 0.25) is 11.7 Å². The summed E-state index contributed by atoms with van der Waals surface area (Å²) in [5.74, 6) is -0.0178. The van der Waals surface area contributed by atoms with Crippen molar-refractivity contribution in [2.75, 3.05) is 0 Å². The fourth-order valence-electron chi connectivity index (χ4n) is 2.61. The third-order valence-electron chi connectivity index (χ3n) is 3.78. The molecular formula is C19H14N4O3. The topological polar surface area (TPSA) is 89.6 Å². The Morgan fingerprint density at radius 3 is 2.58 bits per heavy atom. The van der Waals surface area contributed by atoms with Crippen LogP contribution >= 0.6 is 0 Å². The molecule has 0 aliphatic heterocycles. The number of rotatable bonds is 4. The molecule has 0 unspecified atom stereocenters. The number of aromatic carboxylic acids is 1. The van der Waals surface area contributed by atoms with Crippen LogP contribution in [-0.2, 0) is 0 Å². The smallest absolute Gasteiger partial charge is 0.338 e. The molecule has 1 aromatic carbocycles. The van der Waals surface area contributed by atoms with E-state index in [0.29, 0.717) is 17.3 Å². The highest BCUT2D eigenvalue weighted by Gasteiger charge is 2.19. The molecule has 0 fully saturated rings. The third kappa shape index (κ3) is 2.86. The number of carbonyl (C=O) groups is 1. The van der Waals surface area contributed by atoms with Gasteiger partial charge in [-0.15, -0.1) is 5.10 Å². The third-order valence-corrected chi connectivity index (χ3v) is 3.78. The van der Waals surface area contributed by atoms with Crippen LogP contribution in [0.5, 0.6) is 11.6 Å². The van der Waals surface area contributed by atoms with Gasteiger partial charge < -0.3 is 9.84 Å². The van der Waals surface area contributed by atoms with Gasteiger partial charge in [-0.3, -0.25) is 0 Å². The molecule has 0 aliphatic rings. The number of aromatic nitrogens is 4. The van der Waals surface area contributed by atoms with Crippen molar-refractivity contribution in [1.29, 1.82) is 0 Å². The van der Waals surface area contributed by atoms with Gasteiger partial charge in [-0.1, -0.05) is 24.3 Å². The number of benzene rings is 1. The zero-order valence-corrected chi connectivity index (χ0v) is 13.8. The van der Waals surface area contributed by atoms with Gasteiger partial charge in [0.25, 0.3) is 0 Å². The Kier molecular flexibility index (Phi) is 3.81. The normalized spacial score (nSPS) is 10.8. The summed E-state index contributed by atoms with van der Waals surface area (Å²) in [6, 6.07) is 16.1. The van der Waals surface area contributed by atoms with Gasteiger partial charge in [0, 0.05) is 11.9 Å². The average Bonchev–Trinajstić information content (AvgIpc) is 3.07. The van der Waals surface area contributed by atoms with Crippen LogP contribution in [0.25, 0.3) is 17.0 Å². The van der Waals surface area contributed by atoms with E-state index >= 15 is 0 Å². The predicted octanol–water partition coefficient (Wildman–Crippen LogP) is 3.59. The minimum atomic E-state index is -1.07. The number of carboxylic acid groups (broad SMARTS) is 1. The number of carboxylic acids is 1. The van der Waals surface area contributed by atoms with Crippen molar-refractivity contribution in [2.24, 2.45) is 0 Å². The Labute approximate surface area is 148 Å². The van der Waals surface area contributed by atoms with Gasteiger partial charge in [0.15, 0.2) is 0 Å². The van der Waals surface area contributed by atoms with Crippen molar-refractivity contribution in [1.82, 2.24) is 19.6 Å². The highest BCUT2D eigenvalue weighted by Crippen LogP contribution is 2.29. The summed E-state index contributed by atoms with van der Waals surface area (Å²) >= 11 is 0. The van der Waals surface area contributed by atoms with E-state index in [0.717, 1.165) is 5.69 Å². The standard InChI is InChI=1S/C19H14N4O3/c1-12-6-5-9-15(20-12)17-21-18(26-13-7-3-2-4-8-13)16-14(19(24)25)10-11-23(16)22-17/h2-11H,1H3,(H,24,25). The molecular weight excluding hydrogens is 332 g/mol. The maximum absolute atomic E-state index is 11.5. The summed E-state index contributed by atoms with van der Waals surface area (Å²) in [5, 5.41) is 13.8. The van der Waals surface area contributed by atoms with Crippen molar-refractivity contribution in [3.63, 3.8) is 0 Å². The molecule has 1 N–H and O–H groups in total. The van der Waals surface area contributed by atoms with Crippen molar-refractivity contribution < 1.29 is 14.6 Å². The van der Waals surface area contributed by atoms with Crippen LogP contribution in [0.2, 0.25) is 0 Å². The Morgan fingerprint density at radius 1 is 1.04 bits per heavy atom. The van der Waals surface area contributed by atoms with Crippen LogP contribution < -0.4 is 4.74 Å². The monoisotopic (exact) mass is 346 g/mol. The Hall–Kier alpha value is -3.74. The van der Waals surface area contributed by atoms with E-state index < -0.39 is 5.97 Å². The Balaban J connectivity index is 1.93. The first-order valence-electron chi connectivity index (χ1n) is 7.91. The SMILES string of the molecule is Cc1cccc(-c2nc(Oc3ccccc3)c3c(C(=O)O)ccn3n2)n1. The Morgan fingerprint density at radius 2 is 1.85 bits per heavy atom. The van der Waals surface area contributed by atoms with Crippen molar-refractivity contribution in [3.05, 3.63) is 72.1 Å². The first-order valence-corrected chi connectivity index (χ1v) is 7.91. The first kappa shape index (κ1) is 15.8. The van der Waals surface area contributed by atoms with E-state index in [1.807, 2.05) is 37.3 Å². The Bertz CT molecular complexity index is 1110. The lowest BCUT2D eigenvalue weighted by molar-refractivity contribution is 0.0699. The van der Waals surface area contributed by atoms with Crippen LogP contribution in [-0.4, -0.2) is 30.7 Å². The van der Waals surface area contributed by atoms with Gasteiger partial charge in [0.1, 0.15) is 17.0 Å². The summed E-state index contributed by atoms with van der Waals surface area (Å²) in [6.07, 6.45) is 1.57. The number of ether oxygens (including phenoxy) is 1. The average molecular weight is 346 g/mol. The molecule has 7 nitrogen and oxygen atoms in total. The lowest BCUT2D eigenvalue weighted by atomic mass is 10.2.